The first-order chi connectivity index (χ1) is 17.0. The molecule has 0 unspecified atom stereocenters. The van der Waals surface area contributed by atoms with Gasteiger partial charge >= 0.3 is 0 Å². The van der Waals surface area contributed by atoms with E-state index in [1.54, 1.807) is 30.3 Å². The number of likely N-dealkylation sites (tertiary alicyclic amines) is 1. The average molecular weight is 492 g/mol. The zero-order chi connectivity index (χ0) is 24.7. The molecule has 3 aromatic rings. The zero-order valence-corrected chi connectivity index (χ0v) is 21.0. The highest BCUT2D eigenvalue weighted by atomic mass is 32.2. The molecule has 0 bridgehead atoms. The first-order valence-corrected chi connectivity index (χ1v) is 13.7. The summed E-state index contributed by atoms with van der Waals surface area (Å²) in [5.41, 5.74) is 1.81. The Morgan fingerprint density at radius 1 is 0.943 bits per heavy atom. The van der Waals surface area contributed by atoms with Crippen LogP contribution in [0.25, 0.3) is 0 Å². The number of para-hydroxylation sites is 1. The summed E-state index contributed by atoms with van der Waals surface area (Å²) in [5, 5.41) is 3.10. The Hall–Kier alpha value is -3.16. The third-order valence-electron chi connectivity index (χ3n) is 6.36. The number of rotatable bonds is 9. The molecule has 0 spiro atoms. The lowest BCUT2D eigenvalue weighted by molar-refractivity contribution is 0.0911. The number of sulfonamides is 1. The second-order valence-electron chi connectivity index (χ2n) is 8.95. The lowest BCUT2D eigenvalue weighted by Gasteiger charge is -2.32. The largest absolute Gasteiger partial charge is 0.349 e. The summed E-state index contributed by atoms with van der Waals surface area (Å²) in [7, 11) is -3.91. The predicted octanol–water partition coefficient (Wildman–Crippen LogP) is 4.69. The number of carbonyl (C=O) groups excluding carboxylic acids is 1. The van der Waals surface area contributed by atoms with Gasteiger partial charge in [0, 0.05) is 24.7 Å². The quantitative estimate of drug-likeness (QED) is 0.472. The van der Waals surface area contributed by atoms with E-state index in [1.165, 1.54) is 10.4 Å². The normalized spacial score (nSPS) is 15.0. The van der Waals surface area contributed by atoms with Crippen LogP contribution in [0, 0.1) is 0 Å². The Labute approximate surface area is 208 Å². The molecule has 184 valence electrons. The Balaban J connectivity index is 1.54. The molecule has 0 aromatic heterocycles. The van der Waals surface area contributed by atoms with Crippen molar-refractivity contribution in [2.75, 3.05) is 23.9 Å². The van der Waals surface area contributed by atoms with Gasteiger partial charge in [0.15, 0.2) is 0 Å². The molecule has 1 N–H and O–H groups in total. The molecule has 1 aliphatic rings. The molecule has 1 heterocycles. The van der Waals surface area contributed by atoms with E-state index < -0.39 is 10.0 Å². The predicted molar refractivity (Wildman–Crippen MR) is 140 cm³/mol. The lowest BCUT2D eigenvalue weighted by atomic mass is 10.0. The van der Waals surface area contributed by atoms with Crippen molar-refractivity contribution >= 4 is 21.6 Å². The minimum atomic E-state index is -3.91. The molecule has 7 heteroatoms. The summed E-state index contributed by atoms with van der Waals surface area (Å²) in [6.07, 6.45) is 2.94. The van der Waals surface area contributed by atoms with Crippen LogP contribution < -0.4 is 9.62 Å². The Bertz CT molecular complexity index is 1210. The Morgan fingerprint density at radius 3 is 2.26 bits per heavy atom. The number of nitrogens with zero attached hydrogens (tertiary/aromatic N) is 2. The van der Waals surface area contributed by atoms with Gasteiger partial charge in [-0.1, -0.05) is 61.5 Å². The second-order valence-corrected chi connectivity index (χ2v) is 10.8. The molecule has 0 aliphatic carbocycles. The molecule has 1 aliphatic heterocycles. The zero-order valence-electron chi connectivity index (χ0n) is 20.1. The van der Waals surface area contributed by atoms with Crippen molar-refractivity contribution < 1.29 is 13.2 Å². The van der Waals surface area contributed by atoms with Crippen LogP contribution in [0.4, 0.5) is 5.69 Å². The van der Waals surface area contributed by atoms with E-state index in [9.17, 15) is 13.2 Å². The van der Waals surface area contributed by atoms with Gasteiger partial charge in [0.1, 0.15) is 0 Å². The van der Waals surface area contributed by atoms with Crippen LogP contribution in [0.1, 0.15) is 42.1 Å². The first kappa shape index (κ1) is 24.9. The van der Waals surface area contributed by atoms with E-state index in [-0.39, 0.29) is 23.4 Å². The van der Waals surface area contributed by atoms with Gasteiger partial charge in [-0.15, -0.1) is 0 Å². The summed E-state index contributed by atoms with van der Waals surface area (Å²) >= 11 is 0. The van der Waals surface area contributed by atoms with E-state index in [1.807, 2.05) is 48.5 Å². The number of carbonyl (C=O) groups is 1. The number of nitrogens with one attached hydrogen (secondary N) is 1. The van der Waals surface area contributed by atoms with Crippen LogP contribution >= 0.6 is 0 Å². The van der Waals surface area contributed by atoms with Crippen LogP contribution in [0.5, 0.6) is 0 Å². The number of hydrogen-bond acceptors (Lipinski definition) is 4. The highest BCUT2D eigenvalue weighted by molar-refractivity contribution is 7.92. The smallest absolute Gasteiger partial charge is 0.264 e. The molecule has 1 saturated heterocycles. The van der Waals surface area contributed by atoms with E-state index >= 15 is 0 Å². The third kappa shape index (κ3) is 6.29. The molecule has 0 atom stereocenters. The summed E-state index contributed by atoms with van der Waals surface area (Å²) < 4.78 is 29.0. The van der Waals surface area contributed by atoms with Gasteiger partial charge in [0.25, 0.3) is 15.9 Å². The van der Waals surface area contributed by atoms with Crippen LogP contribution in [0.2, 0.25) is 0 Å². The fourth-order valence-electron chi connectivity index (χ4n) is 4.47. The maximum Gasteiger partial charge on any atom is 0.264 e. The van der Waals surface area contributed by atoms with Gasteiger partial charge in [-0.25, -0.2) is 8.42 Å². The highest BCUT2D eigenvalue weighted by Crippen LogP contribution is 2.26. The SMILES string of the molecule is CCCN1CCC(NC(=O)c2cccc(S(=O)(=O)N(Cc3ccccc3)c3ccccc3)c2)CC1. The van der Waals surface area contributed by atoms with Gasteiger partial charge in [0.05, 0.1) is 17.1 Å². The minimum Gasteiger partial charge on any atom is -0.349 e. The topological polar surface area (TPSA) is 69.7 Å². The fraction of sp³-hybridized carbons (Fsp3) is 0.321. The van der Waals surface area contributed by atoms with Crippen molar-refractivity contribution in [1.29, 1.82) is 0 Å². The molecule has 1 fully saturated rings. The van der Waals surface area contributed by atoms with Gasteiger partial charge in [-0.2, -0.15) is 0 Å². The van der Waals surface area contributed by atoms with E-state index in [2.05, 4.69) is 17.1 Å². The minimum absolute atomic E-state index is 0.0997. The lowest BCUT2D eigenvalue weighted by Crippen LogP contribution is -2.44. The number of anilines is 1. The van der Waals surface area contributed by atoms with Gasteiger partial charge in [0.2, 0.25) is 0 Å². The summed E-state index contributed by atoms with van der Waals surface area (Å²) in [6, 6.07) is 25.0. The average Bonchev–Trinajstić information content (AvgIpc) is 2.89. The van der Waals surface area contributed by atoms with Crippen LogP contribution in [0.3, 0.4) is 0 Å². The maximum absolute atomic E-state index is 13.8. The molecule has 1 amide bonds. The molecular formula is C28H33N3O3S. The first-order valence-electron chi connectivity index (χ1n) is 12.2. The van der Waals surface area contributed by atoms with Gasteiger partial charge in [-0.3, -0.25) is 9.10 Å². The van der Waals surface area contributed by atoms with Crippen LogP contribution in [-0.2, 0) is 16.6 Å². The van der Waals surface area contributed by atoms with Crippen molar-refractivity contribution in [2.24, 2.45) is 0 Å². The second kappa shape index (κ2) is 11.5. The molecule has 0 radical (unpaired) electrons. The number of hydrogen-bond donors (Lipinski definition) is 1. The van der Waals surface area contributed by atoms with Crippen LogP contribution in [0.15, 0.2) is 89.8 Å². The molecule has 35 heavy (non-hydrogen) atoms. The van der Waals surface area contributed by atoms with Gasteiger partial charge < -0.3 is 10.2 Å². The molecule has 3 aromatic carbocycles. The van der Waals surface area contributed by atoms with Crippen molar-refractivity contribution in [1.82, 2.24) is 10.2 Å². The third-order valence-corrected chi connectivity index (χ3v) is 8.13. The van der Waals surface area contributed by atoms with E-state index in [0.717, 1.165) is 44.5 Å². The summed E-state index contributed by atoms with van der Waals surface area (Å²) in [4.78, 5) is 15.5. The number of benzene rings is 3. The molecule has 6 nitrogen and oxygen atoms in total. The van der Waals surface area contributed by atoms with Gasteiger partial charge in [-0.05, 0) is 61.7 Å². The Kier molecular flexibility index (Phi) is 8.21. The monoisotopic (exact) mass is 491 g/mol. The van der Waals surface area contributed by atoms with Crippen LogP contribution in [-0.4, -0.2) is 44.9 Å². The van der Waals surface area contributed by atoms with Crippen molar-refractivity contribution in [3.8, 4) is 0 Å². The summed E-state index contributed by atoms with van der Waals surface area (Å²) in [5.74, 6) is -0.231. The summed E-state index contributed by atoms with van der Waals surface area (Å²) in [6.45, 7) is 5.40. The van der Waals surface area contributed by atoms with Crippen molar-refractivity contribution in [3.05, 3.63) is 96.1 Å². The fourth-order valence-corrected chi connectivity index (χ4v) is 5.97. The molecule has 4 rings (SSSR count). The highest BCUT2D eigenvalue weighted by Gasteiger charge is 2.27. The van der Waals surface area contributed by atoms with Crippen molar-refractivity contribution in [2.45, 2.75) is 43.7 Å². The van der Waals surface area contributed by atoms with Crippen molar-refractivity contribution in [3.63, 3.8) is 0 Å². The maximum atomic E-state index is 13.8. The standard InChI is InChI=1S/C28H33N3O3S/c1-2-18-30-19-16-25(17-20-30)29-28(32)24-12-9-15-27(21-24)35(33,34)31(26-13-7-4-8-14-26)22-23-10-5-3-6-11-23/h3-15,21,25H,2,16-20,22H2,1H3,(H,29,32). The number of amides is 1. The molecular weight excluding hydrogens is 458 g/mol. The van der Waals surface area contributed by atoms with E-state index in [4.69, 9.17) is 0 Å². The van der Waals surface area contributed by atoms with E-state index in [0.29, 0.717) is 11.3 Å². The Morgan fingerprint density at radius 2 is 1.60 bits per heavy atom. The number of piperidine rings is 1. The molecule has 0 saturated carbocycles.